The maximum Gasteiger partial charge on any atom is 0.0694 e. The standard InChI is InChI=1S/C7H13ClOS2/c8-5-6(9)4-7-10-2-1-3-11-7/h6-7,9H,1-5H2/t6-/m0/s1. The minimum absolute atomic E-state index is 0.306. The summed E-state index contributed by atoms with van der Waals surface area (Å²) in [5.74, 6) is 2.86. The van der Waals surface area contributed by atoms with Gasteiger partial charge in [-0.25, -0.2) is 0 Å². The summed E-state index contributed by atoms with van der Waals surface area (Å²) >= 11 is 9.41. The number of hydrogen-bond acceptors (Lipinski definition) is 3. The molecule has 66 valence electrons. The van der Waals surface area contributed by atoms with E-state index in [1.807, 2.05) is 23.5 Å². The third-order valence-corrected chi connectivity index (χ3v) is 4.89. The molecule has 4 heteroatoms. The van der Waals surface area contributed by atoms with Gasteiger partial charge in [0.25, 0.3) is 0 Å². The lowest BCUT2D eigenvalue weighted by Crippen LogP contribution is -2.17. The number of aliphatic hydroxyl groups is 1. The fourth-order valence-electron chi connectivity index (χ4n) is 0.958. The molecule has 1 atom stereocenters. The maximum atomic E-state index is 9.25. The number of halogens is 1. The lowest BCUT2D eigenvalue weighted by atomic mass is 10.3. The van der Waals surface area contributed by atoms with Gasteiger partial charge in [-0.3, -0.25) is 0 Å². The van der Waals surface area contributed by atoms with Crippen LogP contribution in [0.1, 0.15) is 12.8 Å². The Labute approximate surface area is 81.3 Å². The molecule has 0 aromatic rings. The molecular formula is C7H13ClOS2. The molecule has 0 radical (unpaired) electrons. The van der Waals surface area contributed by atoms with E-state index in [2.05, 4.69) is 0 Å². The Balaban J connectivity index is 2.13. The predicted molar refractivity (Wildman–Crippen MR) is 54.7 cm³/mol. The van der Waals surface area contributed by atoms with Crippen LogP contribution < -0.4 is 0 Å². The Morgan fingerprint density at radius 3 is 2.64 bits per heavy atom. The summed E-state index contributed by atoms with van der Waals surface area (Å²) in [6.07, 6.45) is 1.85. The molecule has 0 aromatic carbocycles. The minimum atomic E-state index is -0.306. The molecule has 0 aliphatic carbocycles. The van der Waals surface area contributed by atoms with Crippen LogP contribution in [0.25, 0.3) is 0 Å². The molecule has 1 N–H and O–H groups in total. The largest absolute Gasteiger partial charge is 0.392 e. The van der Waals surface area contributed by atoms with E-state index in [1.165, 1.54) is 17.9 Å². The van der Waals surface area contributed by atoms with E-state index in [0.717, 1.165) is 6.42 Å². The molecule has 0 aromatic heterocycles. The SMILES string of the molecule is O[C@H](CCl)CC1SCCCS1. The number of thioether (sulfide) groups is 2. The van der Waals surface area contributed by atoms with Gasteiger partial charge in [-0.05, 0) is 24.3 Å². The first-order valence-corrected chi connectivity index (χ1v) is 6.43. The van der Waals surface area contributed by atoms with Gasteiger partial charge in [0.15, 0.2) is 0 Å². The van der Waals surface area contributed by atoms with Crippen molar-refractivity contribution >= 4 is 35.1 Å². The highest BCUT2D eigenvalue weighted by Crippen LogP contribution is 2.33. The van der Waals surface area contributed by atoms with Crippen LogP contribution in [-0.2, 0) is 0 Å². The van der Waals surface area contributed by atoms with Crippen molar-refractivity contribution in [3.63, 3.8) is 0 Å². The van der Waals surface area contributed by atoms with Crippen LogP contribution in [0.2, 0.25) is 0 Å². The van der Waals surface area contributed by atoms with Gasteiger partial charge in [0.2, 0.25) is 0 Å². The average Bonchev–Trinajstić information content (AvgIpc) is 2.06. The van der Waals surface area contributed by atoms with Gasteiger partial charge in [0, 0.05) is 5.88 Å². The molecule has 1 rings (SSSR count). The molecule has 0 saturated carbocycles. The number of aliphatic hydroxyl groups excluding tert-OH is 1. The molecule has 0 spiro atoms. The zero-order chi connectivity index (χ0) is 8.10. The Hall–Kier alpha value is 0.950. The maximum absolute atomic E-state index is 9.25. The van der Waals surface area contributed by atoms with Gasteiger partial charge < -0.3 is 5.11 Å². The highest BCUT2D eigenvalue weighted by atomic mass is 35.5. The summed E-state index contributed by atoms with van der Waals surface area (Å²) in [6.45, 7) is 0. The second-order valence-electron chi connectivity index (χ2n) is 2.57. The molecule has 0 unspecified atom stereocenters. The van der Waals surface area contributed by atoms with Crippen LogP contribution in [0, 0.1) is 0 Å². The second kappa shape index (κ2) is 5.57. The zero-order valence-electron chi connectivity index (χ0n) is 6.33. The van der Waals surface area contributed by atoms with Gasteiger partial charge in [-0.2, -0.15) is 0 Å². The molecule has 1 fully saturated rings. The fraction of sp³-hybridized carbons (Fsp3) is 1.00. The first-order chi connectivity index (χ1) is 5.33. The Kier molecular flexibility index (Phi) is 5.08. The van der Waals surface area contributed by atoms with Crippen molar-refractivity contribution in [3.8, 4) is 0 Å². The van der Waals surface area contributed by atoms with Crippen LogP contribution in [-0.4, -0.2) is 33.2 Å². The topological polar surface area (TPSA) is 20.2 Å². The summed E-state index contributed by atoms with van der Waals surface area (Å²) in [6, 6.07) is 0. The first kappa shape index (κ1) is 10.0. The van der Waals surface area contributed by atoms with Gasteiger partial charge in [0.1, 0.15) is 0 Å². The number of alkyl halides is 1. The first-order valence-electron chi connectivity index (χ1n) is 3.80. The predicted octanol–water partition coefficient (Wildman–Crippen LogP) is 2.17. The highest BCUT2D eigenvalue weighted by molar-refractivity contribution is 8.17. The van der Waals surface area contributed by atoms with Gasteiger partial charge in [0.05, 0.1) is 10.7 Å². The summed E-state index contributed by atoms with van der Waals surface area (Å²) in [4.78, 5) is 0. The molecule has 1 aliphatic heterocycles. The van der Waals surface area contributed by atoms with Crippen LogP contribution in [0.3, 0.4) is 0 Å². The highest BCUT2D eigenvalue weighted by Gasteiger charge is 2.17. The summed E-state index contributed by atoms with van der Waals surface area (Å²) in [7, 11) is 0. The van der Waals surface area contributed by atoms with Crippen LogP contribution >= 0.6 is 35.1 Å². The minimum Gasteiger partial charge on any atom is -0.392 e. The van der Waals surface area contributed by atoms with Gasteiger partial charge in [-0.15, -0.1) is 35.1 Å². The normalized spacial score (nSPS) is 23.5. The second-order valence-corrected chi connectivity index (χ2v) is 5.80. The van der Waals surface area contributed by atoms with E-state index < -0.39 is 0 Å². The summed E-state index contributed by atoms with van der Waals surface area (Å²) in [5.41, 5.74) is 0. The van der Waals surface area contributed by atoms with E-state index >= 15 is 0 Å². The Morgan fingerprint density at radius 1 is 1.45 bits per heavy atom. The quantitative estimate of drug-likeness (QED) is 0.725. The smallest absolute Gasteiger partial charge is 0.0694 e. The zero-order valence-corrected chi connectivity index (χ0v) is 8.72. The fourth-order valence-corrected chi connectivity index (χ4v) is 4.09. The van der Waals surface area contributed by atoms with Crippen molar-refractivity contribution < 1.29 is 5.11 Å². The summed E-state index contributed by atoms with van der Waals surface area (Å²) < 4.78 is 0.581. The molecular weight excluding hydrogens is 200 g/mol. The van der Waals surface area contributed by atoms with E-state index in [4.69, 9.17) is 11.6 Å². The molecule has 1 aliphatic rings. The van der Waals surface area contributed by atoms with E-state index in [9.17, 15) is 5.11 Å². The van der Waals surface area contributed by atoms with Crippen molar-refractivity contribution in [2.24, 2.45) is 0 Å². The van der Waals surface area contributed by atoms with Gasteiger partial charge in [-0.1, -0.05) is 0 Å². The molecule has 11 heavy (non-hydrogen) atoms. The third-order valence-electron chi connectivity index (χ3n) is 1.54. The van der Waals surface area contributed by atoms with Crippen molar-refractivity contribution in [1.29, 1.82) is 0 Å². The lowest BCUT2D eigenvalue weighted by Gasteiger charge is -2.22. The van der Waals surface area contributed by atoms with Crippen molar-refractivity contribution in [2.75, 3.05) is 17.4 Å². The molecule has 0 amide bonds. The average molecular weight is 213 g/mol. The van der Waals surface area contributed by atoms with Crippen molar-refractivity contribution in [3.05, 3.63) is 0 Å². The monoisotopic (exact) mass is 212 g/mol. The van der Waals surface area contributed by atoms with Crippen LogP contribution in [0.5, 0.6) is 0 Å². The van der Waals surface area contributed by atoms with Crippen molar-refractivity contribution in [2.45, 2.75) is 23.5 Å². The molecule has 1 nitrogen and oxygen atoms in total. The number of hydrogen-bond donors (Lipinski definition) is 1. The van der Waals surface area contributed by atoms with Crippen LogP contribution in [0.4, 0.5) is 0 Å². The van der Waals surface area contributed by atoms with E-state index in [1.54, 1.807) is 0 Å². The third kappa shape index (κ3) is 3.92. The Bertz CT molecular complexity index is 107. The van der Waals surface area contributed by atoms with Gasteiger partial charge >= 0.3 is 0 Å². The van der Waals surface area contributed by atoms with Crippen molar-refractivity contribution in [1.82, 2.24) is 0 Å². The molecule has 1 saturated heterocycles. The summed E-state index contributed by atoms with van der Waals surface area (Å²) in [5, 5.41) is 9.25. The van der Waals surface area contributed by atoms with Crippen LogP contribution in [0.15, 0.2) is 0 Å². The lowest BCUT2D eigenvalue weighted by molar-refractivity contribution is 0.193. The molecule has 1 heterocycles. The van der Waals surface area contributed by atoms with E-state index in [0.29, 0.717) is 10.5 Å². The Morgan fingerprint density at radius 2 is 2.09 bits per heavy atom. The number of rotatable bonds is 3. The van der Waals surface area contributed by atoms with E-state index in [-0.39, 0.29) is 6.10 Å². The molecule has 0 bridgehead atoms.